The number of benzene rings is 1. The molecule has 0 bridgehead atoms. The van der Waals surface area contributed by atoms with Gasteiger partial charge < -0.3 is 10.6 Å². The molecule has 2 nitrogen and oxygen atoms in total. The van der Waals surface area contributed by atoms with Gasteiger partial charge in [0.25, 0.3) is 0 Å². The molecule has 0 aliphatic rings. The molecule has 0 unspecified atom stereocenters. The SMILES string of the molecule is CC(C)CNC(=S)Nc1ccccc1C(F)(F)F. The van der Waals surface area contributed by atoms with Gasteiger partial charge in [0.05, 0.1) is 11.3 Å². The number of rotatable bonds is 3. The van der Waals surface area contributed by atoms with Gasteiger partial charge in [-0.3, -0.25) is 0 Å². The van der Waals surface area contributed by atoms with Gasteiger partial charge in [0.1, 0.15) is 0 Å². The zero-order valence-electron chi connectivity index (χ0n) is 10.1. The molecule has 0 fully saturated rings. The molecule has 1 aromatic rings. The minimum absolute atomic E-state index is 0.0359. The maximum absolute atomic E-state index is 12.7. The van der Waals surface area contributed by atoms with E-state index in [1.807, 2.05) is 13.8 Å². The van der Waals surface area contributed by atoms with Crippen LogP contribution < -0.4 is 10.6 Å². The van der Waals surface area contributed by atoms with Crippen molar-refractivity contribution in [2.75, 3.05) is 11.9 Å². The van der Waals surface area contributed by atoms with Crippen molar-refractivity contribution in [1.29, 1.82) is 0 Å². The molecule has 1 aromatic carbocycles. The Kier molecular flexibility index (Phi) is 4.95. The van der Waals surface area contributed by atoms with Gasteiger partial charge in [-0.2, -0.15) is 13.2 Å². The highest BCUT2D eigenvalue weighted by Crippen LogP contribution is 2.34. The first kappa shape index (κ1) is 14.8. The summed E-state index contributed by atoms with van der Waals surface area (Å²) in [5.74, 6) is 0.364. The van der Waals surface area contributed by atoms with Crippen LogP contribution in [0.5, 0.6) is 0 Å². The van der Waals surface area contributed by atoms with Crippen LogP contribution in [-0.2, 0) is 6.18 Å². The second-order valence-corrected chi connectivity index (χ2v) is 4.68. The number of nitrogens with one attached hydrogen (secondary N) is 2. The van der Waals surface area contributed by atoms with Crippen molar-refractivity contribution >= 4 is 23.0 Å². The second kappa shape index (κ2) is 6.04. The van der Waals surface area contributed by atoms with Crippen molar-refractivity contribution in [3.63, 3.8) is 0 Å². The Morgan fingerprint density at radius 1 is 1.28 bits per heavy atom. The van der Waals surface area contributed by atoms with Crippen LogP contribution in [0.15, 0.2) is 24.3 Å². The molecule has 6 heteroatoms. The van der Waals surface area contributed by atoms with Gasteiger partial charge in [0, 0.05) is 6.54 Å². The Morgan fingerprint density at radius 2 is 1.89 bits per heavy atom. The molecule has 0 aliphatic heterocycles. The minimum atomic E-state index is -4.39. The van der Waals surface area contributed by atoms with E-state index in [1.54, 1.807) is 0 Å². The Bertz CT molecular complexity index is 416. The van der Waals surface area contributed by atoms with Crippen molar-refractivity contribution in [1.82, 2.24) is 5.32 Å². The molecule has 0 aromatic heterocycles. The molecule has 0 atom stereocenters. The number of hydrogen-bond donors (Lipinski definition) is 2. The summed E-state index contributed by atoms with van der Waals surface area (Å²) >= 11 is 4.95. The van der Waals surface area contributed by atoms with Crippen LogP contribution >= 0.6 is 12.2 Å². The molecule has 0 amide bonds. The zero-order valence-corrected chi connectivity index (χ0v) is 11.0. The summed E-state index contributed by atoms with van der Waals surface area (Å²) in [6, 6.07) is 5.25. The summed E-state index contributed by atoms with van der Waals surface area (Å²) < 4.78 is 38.1. The van der Waals surface area contributed by atoms with Crippen molar-refractivity contribution < 1.29 is 13.2 Å². The fourth-order valence-corrected chi connectivity index (χ4v) is 1.50. The van der Waals surface area contributed by atoms with Crippen molar-refractivity contribution in [3.05, 3.63) is 29.8 Å². The maximum Gasteiger partial charge on any atom is 0.418 e. The number of anilines is 1. The van der Waals surface area contributed by atoms with E-state index < -0.39 is 11.7 Å². The third-order valence-corrected chi connectivity index (χ3v) is 2.40. The molecule has 0 heterocycles. The lowest BCUT2D eigenvalue weighted by molar-refractivity contribution is -0.136. The van der Waals surface area contributed by atoms with E-state index in [0.29, 0.717) is 12.5 Å². The molecule has 0 aliphatic carbocycles. The summed E-state index contributed by atoms with van der Waals surface area (Å²) in [6.45, 7) is 4.58. The van der Waals surface area contributed by atoms with Gasteiger partial charge >= 0.3 is 6.18 Å². The van der Waals surface area contributed by atoms with E-state index in [0.717, 1.165) is 6.07 Å². The smallest absolute Gasteiger partial charge is 0.362 e. The molecular formula is C12H15F3N2S. The van der Waals surface area contributed by atoms with E-state index in [4.69, 9.17) is 12.2 Å². The van der Waals surface area contributed by atoms with E-state index in [-0.39, 0.29) is 10.8 Å². The molecule has 0 radical (unpaired) electrons. The van der Waals surface area contributed by atoms with Crippen LogP contribution in [0.1, 0.15) is 19.4 Å². The number of halogens is 3. The fraction of sp³-hybridized carbons (Fsp3) is 0.417. The summed E-state index contributed by atoms with van der Waals surface area (Å²) in [4.78, 5) is 0. The number of thiocarbonyl (C=S) groups is 1. The van der Waals surface area contributed by atoms with Crippen LogP contribution in [0, 0.1) is 5.92 Å². The second-order valence-electron chi connectivity index (χ2n) is 4.27. The van der Waals surface area contributed by atoms with Gasteiger partial charge in [-0.1, -0.05) is 26.0 Å². The largest absolute Gasteiger partial charge is 0.418 e. The third kappa shape index (κ3) is 4.52. The third-order valence-electron chi connectivity index (χ3n) is 2.15. The van der Waals surface area contributed by atoms with E-state index in [9.17, 15) is 13.2 Å². The average molecular weight is 276 g/mol. The number of para-hydroxylation sites is 1. The van der Waals surface area contributed by atoms with E-state index in [1.165, 1.54) is 18.2 Å². The number of hydrogen-bond acceptors (Lipinski definition) is 1. The maximum atomic E-state index is 12.7. The first-order valence-electron chi connectivity index (χ1n) is 5.51. The fourth-order valence-electron chi connectivity index (χ4n) is 1.30. The minimum Gasteiger partial charge on any atom is -0.362 e. The standard InChI is InChI=1S/C12H15F3N2S/c1-8(2)7-16-11(18)17-10-6-4-3-5-9(10)12(13,14)15/h3-6,8H,7H2,1-2H3,(H2,16,17,18). The normalized spacial score (nSPS) is 11.4. The zero-order chi connectivity index (χ0) is 13.8. The first-order valence-corrected chi connectivity index (χ1v) is 5.92. The van der Waals surface area contributed by atoms with Crippen molar-refractivity contribution in [2.24, 2.45) is 5.92 Å². The molecule has 0 saturated heterocycles. The van der Waals surface area contributed by atoms with E-state index in [2.05, 4.69) is 10.6 Å². The highest BCUT2D eigenvalue weighted by Gasteiger charge is 2.33. The van der Waals surface area contributed by atoms with Crippen LogP contribution in [0.2, 0.25) is 0 Å². The lowest BCUT2D eigenvalue weighted by Crippen LogP contribution is -2.32. The van der Waals surface area contributed by atoms with E-state index >= 15 is 0 Å². The Hall–Kier alpha value is -1.30. The predicted octanol–water partition coefficient (Wildman–Crippen LogP) is 3.65. The van der Waals surface area contributed by atoms with Crippen molar-refractivity contribution in [2.45, 2.75) is 20.0 Å². The van der Waals surface area contributed by atoms with Gasteiger partial charge in [-0.25, -0.2) is 0 Å². The molecule has 100 valence electrons. The topological polar surface area (TPSA) is 24.1 Å². The molecule has 18 heavy (non-hydrogen) atoms. The lowest BCUT2D eigenvalue weighted by atomic mass is 10.1. The van der Waals surface area contributed by atoms with Crippen LogP contribution in [-0.4, -0.2) is 11.7 Å². The number of alkyl halides is 3. The summed E-state index contributed by atoms with van der Waals surface area (Å²) in [5, 5.41) is 5.63. The summed E-state index contributed by atoms with van der Waals surface area (Å²) in [5.41, 5.74) is -0.759. The molecule has 0 spiro atoms. The lowest BCUT2D eigenvalue weighted by Gasteiger charge is -2.16. The monoisotopic (exact) mass is 276 g/mol. The van der Waals surface area contributed by atoms with Crippen LogP contribution in [0.4, 0.5) is 18.9 Å². The first-order chi connectivity index (χ1) is 8.30. The molecular weight excluding hydrogens is 261 g/mol. The van der Waals surface area contributed by atoms with Gasteiger partial charge in [-0.05, 0) is 30.3 Å². The van der Waals surface area contributed by atoms with Gasteiger partial charge in [0.15, 0.2) is 5.11 Å². The molecule has 0 saturated carbocycles. The Labute approximate surface area is 110 Å². The average Bonchev–Trinajstić information content (AvgIpc) is 2.25. The molecule has 2 N–H and O–H groups in total. The molecule has 1 rings (SSSR count). The van der Waals surface area contributed by atoms with Gasteiger partial charge in [-0.15, -0.1) is 0 Å². The highest BCUT2D eigenvalue weighted by molar-refractivity contribution is 7.80. The summed E-state index contributed by atoms with van der Waals surface area (Å²) in [6.07, 6.45) is -4.39. The Morgan fingerprint density at radius 3 is 2.44 bits per heavy atom. The summed E-state index contributed by atoms with van der Waals surface area (Å²) in [7, 11) is 0. The van der Waals surface area contributed by atoms with Crippen molar-refractivity contribution in [3.8, 4) is 0 Å². The Balaban J connectivity index is 2.76. The highest BCUT2D eigenvalue weighted by atomic mass is 32.1. The van der Waals surface area contributed by atoms with Gasteiger partial charge in [0.2, 0.25) is 0 Å². The van der Waals surface area contributed by atoms with Crippen LogP contribution in [0.3, 0.4) is 0 Å². The predicted molar refractivity (Wildman–Crippen MR) is 70.5 cm³/mol. The van der Waals surface area contributed by atoms with Crippen LogP contribution in [0.25, 0.3) is 0 Å². The quantitative estimate of drug-likeness (QED) is 0.824.